The van der Waals surface area contributed by atoms with E-state index in [1.807, 2.05) is 0 Å². The zero-order valence-electron chi connectivity index (χ0n) is 24.8. The van der Waals surface area contributed by atoms with Gasteiger partial charge < -0.3 is 5.32 Å². The summed E-state index contributed by atoms with van der Waals surface area (Å²) >= 11 is 0. The smallest absolute Gasteiger partial charge is 0.0387 e. The number of rotatable bonds is 15. The van der Waals surface area contributed by atoms with Gasteiger partial charge in [0.2, 0.25) is 0 Å². The molecule has 3 aromatic rings. The second kappa shape index (κ2) is 13.0. The minimum absolute atomic E-state index is 0.138. The van der Waals surface area contributed by atoms with E-state index < -0.39 is 0 Å². The summed E-state index contributed by atoms with van der Waals surface area (Å²) < 4.78 is 0. The molecule has 0 unspecified atom stereocenters. The molecule has 0 fully saturated rings. The molecule has 4 rings (SSSR count). The van der Waals surface area contributed by atoms with Gasteiger partial charge in [-0.25, -0.2) is 0 Å². The van der Waals surface area contributed by atoms with Gasteiger partial charge in [0.05, 0.1) is 0 Å². The normalized spacial score (nSPS) is 13.8. The van der Waals surface area contributed by atoms with Crippen LogP contribution in [0, 0.1) is 0 Å². The van der Waals surface area contributed by atoms with E-state index in [9.17, 15) is 0 Å². The predicted molar refractivity (Wildman–Crippen MR) is 168 cm³/mol. The molecular formula is C37H51N. The van der Waals surface area contributed by atoms with Crippen LogP contribution < -0.4 is 5.32 Å². The van der Waals surface area contributed by atoms with Gasteiger partial charge in [0, 0.05) is 16.8 Å². The van der Waals surface area contributed by atoms with Crippen molar-refractivity contribution in [3.63, 3.8) is 0 Å². The molecule has 0 amide bonds. The molecule has 1 heteroatoms. The van der Waals surface area contributed by atoms with Gasteiger partial charge in [-0.1, -0.05) is 128 Å². The van der Waals surface area contributed by atoms with Crippen LogP contribution in [0.4, 0.5) is 11.4 Å². The first-order chi connectivity index (χ1) is 18.5. The van der Waals surface area contributed by atoms with Crippen LogP contribution in [0.1, 0.15) is 128 Å². The average molecular weight is 510 g/mol. The summed E-state index contributed by atoms with van der Waals surface area (Å²) in [4.78, 5) is 0. The van der Waals surface area contributed by atoms with Gasteiger partial charge in [-0.2, -0.15) is 0 Å². The third-order valence-corrected chi connectivity index (χ3v) is 9.61. The van der Waals surface area contributed by atoms with Crippen LogP contribution in [0.5, 0.6) is 0 Å². The lowest BCUT2D eigenvalue weighted by atomic mass is 9.70. The van der Waals surface area contributed by atoms with Crippen molar-refractivity contribution < 1.29 is 0 Å². The van der Waals surface area contributed by atoms with E-state index in [0.29, 0.717) is 0 Å². The molecule has 3 aromatic carbocycles. The Morgan fingerprint density at radius 1 is 0.605 bits per heavy atom. The van der Waals surface area contributed by atoms with Crippen LogP contribution in [0.2, 0.25) is 0 Å². The fourth-order valence-corrected chi connectivity index (χ4v) is 6.68. The molecule has 0 saturated carbocycles. The molecule has 0 aromatic heterocycles. The fourth-order valence-electron chi connectivity index (χ4n) is 6.68. The van der Waals surface area contributed by atoms with E-state index in [1.165, 1.54) is 105 Å². The Morgan fingerprint density at radius 3 is 1.79 bits per heavy atom. The minimum atomic E-state index is 0.138. The van der Waals surface area contributed by atoms with Crippen molar-refractivity contribution in [2.75, 3.05) is 5.32 Å². The van der Waals surface area contributed by atoms with Crippen molar-refractivity contribution in [1.29, 1.82) is 0 Å². The summed E-state index contributed by atoms with van der Waals surface area (Å²) in [6.45, 7) is 11.6. The lowest BCUT2D eigenvalue weighted by Gasteiger charge is -2.33. The zero-order chi connectivity index (χ0) is 27.0. The van der Waals surface area contributed by atoms with Crippen LogP contribution >= 0.6 is 0 Å². The second-order valence-corrected chi connectivity index (χ2v) is 12.0. The van der Waals surface area contributed by atoms with Crippen LogP contribution in [0.15, 0.2) is 66.7 Å². The molecule has 1 nitrogen and oxygen atoms in total. The SMILES string of the molecule is CCCCCCC1(CCCCCC)c2ccccc2-c2ccc(Nc3ccc(C(C)(CC)CC)cc3)cc21. The Labute approximate surface area is 233 Å². The molecule has 38 heavy (non-hydrogen) atoms. The van der Waals surface area contributed by atoms with Gasteiger partial charge in [0.1, 0.15) is 0 Å². The lowest BCUT2D eigenvalue weighted by Crippen LogP contribution is -2.25. The number of fused-ring (bicyclic) bond motifs is 3. The quantitative estimate of drug-likeness (QED) is 0.201. The molecule has 1 aliphatic rings. The second-order valence-electron chi connectivity index (χ2n) is 12.0. The molecule has 1 N–H and O–H groups in total. The molecule has 1 aliphatic carbocycles. The third kappa shape index (κ3) is 5.88. The van der Waals surface area contributed by atoms with Crippen LogP contribution in [-0.4, -0.2) is 0 Å². The van der Waals surface area contributed by atoms with E-state index >= 15 is 0 Å². The first-order valence-corrected chi connectivity index (χ1v) is 15.6. The molecule has 0 heterocycles. The van der Waals surface area contributed by atoms with Gasteiger partial charge in [0.25, 0.3) is 0 Å². The van der Waals surface area contributed by atoms with Crippen LogP contribution in [0.25, 0.3) is 11.1 Å². The molecule has 0 saturated heterocycles. The largest absolute Gasteiger partial charge is 0.356 e. The summed E-state index contributed by atoms with van der Waals surface area (Å²) in [5, 5.41) is 3.77. The highest BCUT2D eigenvalue weighted by Gasteiger charge is 2.42. The van der Waals surface area contributed by atoms with Crippen LogP contribution in [0.3, 0.4) is 0 Å². The van der Waals surface area contributed by atoms with E-state index in [0.717, 1.165) is 0 Å². The Hall–Kier alpha value is -2.54. The first kappa shape index (κ1) is 28.5. The Balaban J connectivity index is 1.67. The van der Waals surface area contributed by atoms with E-state index in [1.54, 1.807) is 11.1 Å². The number of nitrogens with one attached hydrogen (secondary N) is 1. The topological polar surface area (TPSA) is 12.0 Å². The van der Waals surface area contributed by atoms with Gasteiger partial charge in [-0.15, -0.1) is 0 Å². The number of unbranched alkanes of at least 4 members (excludes halogenated alkanes) is 6. The molecule has 0 aliphatic heterocycles. The highest BCUT2D eigenvalue weighted by atomic mass is 14.9. The van der Waals surface area contributed by atoms with E-state index in [2.05, 4.69) is 107 Å². The number of hydrogen-bond donors (Lipinski definition) is 1. The zero-order valence-corrected chi connectivity index (χ0v) is 24.8. The maximum Gasteiger partial charge on any atom is 0.0387 e. The van der Waals surface area contributed by atoms with Gasteiger partial charge in [-0.3, -0.25) is 0 Å². The van der Waals surface area contributed by atoms with Crippen LogP contribution in [-0.2, 0) is 10.8 Å². The minimum Gasteiger partial charge on any atom is -0.356 e. The van der Waals surface area contributed by atoms with E-state index in [-0.39, 0.29) is 10.8 Å². The summed E-state index contributed by atoms with van der Waals surface area (Å²) in [6, 6.07) is 25.6. The summed E-state index contributed by atoms with van der Waals surface area (Å²) in [5.74, 6) is 0. The van der Waals surface area contributed by atoms with Crippen molar-refractivity contribution in [3.05, 3.63) is 83.4 Å². The standard InChI is InChI=1S/C37H51N/c1-6-10-12-16-26-37(27-17-13-11-7-2)34-19-15-14-18-32(34)33-25-24-31(28-35(33)37)38-30-22-20-29(21-23-30)36(5,8-3)9-4/h14-15,18-25,28,38H,6-13,16-17,26-27H2,1-5H3. The first-order valence-electron chi connectivity index (χ1n) is 15.6. The molecule has 204 valence electrons. The monoisotopic (exact) mass is 509 g/mol. The fraction of sp³-hybridized carbons (Fsp3) is 0.514. The Kier molecular flexibility index (Phi) is 9.74. The molecule has 0 spiro atoms. The number of anilines is 2. The van der Waals surface area contributed by atoms with Gasteiger partial charge in [0.15, 0.2) is 0 Å². The van der Waals surface area contributed by atoms with Crippen molar-refractivity contribution >= 4 is 11.4 Å². The number of benzene rings is 3. The van der Waals surface area contributed by atoms with Gasteiger partial charge in [-0.05, 0) is 83.2 Å². The Bertz CT molecular complexity index is 1140. The average Bonchev–Trinajstić information content (AvgIpc) is 3.22. The molecular weight excluding hydrogens is 458 g/mol. The van der Waals surface area contributed by atoms with Gasteiger partial charge >= 0.3 is 0 Å². The summed E-state index contributed by atoms with van der Waals surface area (Å²) in [7, 11) is 0. The van der Waals surface area contributed by atoms with Crippen molar-refractivity contribution in [3.8, 4) is 11.1 Å². The summed E-state index contributed by atoms with van der Waals surface area (Å²) in [6.07, 6.45) is 15.4. The van der Waals surface area contributed by atoms with Crippen molar-refractivity contribution in [1.82, 2.24) is 0 Å². The highest BCUT2D eigenvalue weighted by Crippen LogP contribution is 2.54. The maximum absolute atomic E-state index is 3.77. The highest BCUT2D eigenvalue weighted by molar-refractivity contribution is 5.83. The number of hydrogen-bond acceptors (Lipinski definition) is 1. The van der Waals surface area contributed by atoms with E-state index in [4.69, 9.17) is 0 Å². The van der Waals surface area contributed by atoms with Crippen molar-refractivity contribution in [2.45, 2.75) is 122 Å². The molecule has 0 bridgehead atoms. The molecule has 0 radical (unpaired) electrons. The Morgan fingerprint density at radius 2 is 1.18 bits per heavy atom. The summed E-state index contributed by atoms with van der Waals surface area (Å²) in [5.41, 5.74) is 10.3. The maximum atomic E-state index is 3.77. The lowest BCUT2D eigenvalue weighted by molar-refractivity contribution is 0.401. The van der Waals surface area contributed by atoms with Crippen molar-refractivity contribution in [2.24, 2.45) is 0 Å². The molecule has 0 atom stereocenters. The third-order valence-electron chi connectivity index (χ3n) is 9.61. The predicted octanol–water partition coefficient (Wildman–Crippen LogP) is 11.7.